The van der Waals surface area contributed by atoms with Crippen LogP contribution in [0.2, 0.25) is 0 Å². The van der Waals surface area contributed by atoms with Gasteiger partial charge >= 0.3 is 5.97 Å². The Morgan fingerprint density at radius 1 is 1.65 bits per heavy atom. The highest BCUT2D eigenvalue weighted by molar-refractivity contribution is 5.82. The number of nitrogens with zero attached hydrogens (tertiary/aromatic N) is 3. The fourth-order valence-electron chi connectivity index (χ4n) is 2.43. The highest BCUT2D eigenvalue weighted by Crippen LogP contribution is 2.24. The van der Waals surface area contributed by atoms with Gasteiger partial charge in [0.25, 0.3) is 0 Å². The number of carbonyl (C=O) groups is 1. The van der Waals surface area contributed by atoms with Crippen molar-refractivity contribution in [3.8, 4) is 0 Å². The molecular weight excluding hydrogens is 260 g/mol. The summed E-state index contributed by atoms with van der Waals surface area (Å²) in [5, 5.41) is 7.05. The highest BCUT2D eigenvalue weighted by atomic mass is 16.5. The second kappa shape index (κ2) is 6.40. The van der Waals surface area contributed by atoms with E-state index in [-0.39, 0.29) is 17.8 Å². The number of carbonyl (C=O) groups excluding carboxylic acids is 1. The van der Waals surface area contributed by atoms with Crippen molar-refractivity contribution in [3.63, 3.8) is 0 Å². The molecule has 7 heteroatoms. The third-order valence-corrected chi connectivity index (χ3v) is 3.55. The van der Waals surface area contributed by atoms with E-state index in [0.717, 1.165) is 18.2 Å². The second-order valence-electron chi connectivity index (χ2n) is 4.90. The van der Waals surface area contributed by atoms with E-state index in [2.05, 4.69) is 20.4 Å². The number of hydrogen-bond donors (Lipinski definition) is 1. The molecule has 0 spiro atoms. The lowest BCUT2D eigenvalue weighted by Gasteiger charge is -2.21. The van der Waals surface area contributed by atoms with Crippen LogP contribution in [-0.4, -0.2) is 49.2 Å². The maximum atomic E-state index is 11.7. The Kier molecular flexibility index (Phi) is 4.60. The summed E-state index contributed by atoms with van der Waals surface area (Å²) in [4.78, 5) is 18.0. The summed E-state index contributed by atoms with van der Waals surface area (Å²) in [5.41, 5.74) is 0.808. The third-order valence-electron chi connectivity index (χ3n) is 3.55. The zero-order valence-electron chi connectivity index (χ0n) is 12.0. The molecule has 0 aliphatic carbocycles. The smallest absolute Gasteiger partial charge is 0.310 e. The number of rotatable bonds is 3. The standard InChI is InChI=1S/C13H20N4O3/c1-9-7-17(8-11(9)12(18)19-3)13(14-2)15-6-10-4-5-20-16-10/h4-5,9,11H,6-8H2,1-3H3,(H,14,15). The third kappa shape index (κ3) is 3.09. The number of likely N-dealkylation sites (tertiary alicyclic amines) is 1. The summed E-state index contributed by atoms with van der Waals surface area (Å²) in [6.45, 7) is 3.98. The summed E-state index contributed by atoms with van der Waals surface area (Å²) in [5.74, 6) is 0.733. The fraction of sp³-hybridized carbons (Fsp3) is 0.615. The normalized spacial score (nSPS) is 22.9. The zero-order chi connectivity index (χ0) is 14.5. The van der Waals surface area contributed by atoms with Crippen molar-refractivity contribution in [1.82, 2.24) is 15.4 Å². The molecule has 2 heterocycles. The molecule has 7 nitrogen and oxygen atoms in total. The topological polar surface area (TPSA) is 80.0 Å². The first kappa shape index (κ1) is 14.4. The summed E-state index contributed by atoms with van der Waals surface area (Å²) in [7, 11) is 3.15. The first-order valence-corrected chi connectivity index (χ1v) is 6.58. The van der Waals surface area contributed by atoms with Crippen molar-refractivity contribution in [3.05, 3.63) is 18.0 Å². The van der Waals surface area contributed by atoms with Crippen LogP contribution in [0.1, 0.15) is 12.6 Å². The molecule has 1 aliphatic heterocycles. The minimum atomic E-state index is -0.160. The molecule has 1 fully saturated rings. The van der Waals surface area contributed by atoms with Crippen molar-refractivity contribution < 1.29 is 14.1 Å². The average molecular weight is 280 g/mol. The van der Waals surface area contributed by atoms with Crippen molar-refractivity contribution in [2.24, 2.45) is 16.8 Å². The highest BCUT2D eigenvalue weighted by Gasteiger charge is 2.36. The van der Waals surface area contributed by atoms with Gasteiger partial charge in [0.2, 0.25) is 0 Å². The predicted molar refractivity (Wildman–Crippen MR) is 72.9 cm³/mol. The van der Waals surface area contributed by atoms with Crippen LogP contribution in [0.5, 0.6) is 0 Å². The van der Waals surface area contributed by atoms with E-state index in [9.17, 15) is 4.79 Å². The minimum Gasteiger partial charge on any atom is -0.469 e. The van der Waals surface area contributed by atoms with Gasteiger partial charge in [-0.25, -0.2) is 0 Å². The van der Waals surface area contributed by atoms with Crippen LogP contribution >= 0.6 is 0 Å². The molecule has 0 amide bonds. The number of aromatic nitrogens is 1. The van der Waals surface area contributed by atoms with Gasteiger partial charge in [0.1, 0.15) is 12.0 Å². The van der Waals surface area contributed by atoms with Crippen molar-refractivity contribution in [2.45, 2.75) is 13.5 Å². The Morgan fingerprint density at radius 2 is 2.45 bits per heavy atom. The van der Waals surface area contributed by atoms with Gasteiger partial charge in [0.15, 0.2) is 5.96 Å². The summed E-state index contributed by atoms with van der Waals surface area (Å²) < 4.78 is 9.62. The average Bonchev–Trinajstić information content (AvgIpc) is 3.08. The number of guanidine groups is 1. The van der Waals surface area contributed by atoms with Gasteiger partial charge in [-0.2, -0.15) is 0 Å². The second-order valence-corrected chi connectivity index (χ2v) is 4.90. The van der Waals surface area contributed by atoms with Crippen LogP contribution in [0.15, 0.2) is 21.8 Å². The SMILES string of the molecule is CN=C(NCc1ccon1)N1CC(C)C(C(=O)OC)C1. The molecule has 1 saturated heterocycles. The van der Waals surface area contributed by atoms with Crippen LogP contribution in [0, 0.1) is 11.8 Å². The number of esters is 1. The van der Waals surface area contributed by atoms with Crippen LogP contribution in [-0.2, 0) is 16.1 Å². The molecular formula is C13H20N4O3. The predicted octanol–water partition coefficient (Wildman–Crippen LogP) is 0.491. The molecule has 1 aromatic rings. The maximum Gasteiger partial charge on any atom is 0.310 e. The van der Waals surface area contributed by atoms with Crippen LogP contribution < -0.4 is 5.32 Å². The Labute approximate surface area is 118 Å². The molecule has 1 aromatic heterocycles. The quantitative estimate of drug-likeness (QED) is 0.493. The number of nitrogens with one attached hydrogen (secondary N) is 1. The summed E-state index contributed by atoms with van der Waals surface area (Å²) in [6.07, 6.45) is 1.53. The Bertz CT molecular complexity index is 472. The van der Waals surface area contributed by atoms with E-state index in [4.69, 9.17) is 9.26 Å². The number of ether oxygens (including phenoxy) is 1. The maximum absolute atomic E-state index is 11.7. The molecule has 1 aliphatic rings. The number of hydrogen-bond acceptors (Lipinski definition) is 5. The lowest BCUT2D eigenvalue weighted by Crippen LogP contribution is -2.40. The lowest BCUT2D eigenvalue weighted by atomic mass is 9.99. The molecule has 0 aromatic carbocycles. The monoisotopic (exact) mass is 280 g/mol. The molecule has 2 unspecified atom stereocenters. The van der Waals surface area contributed by atoms with E-state index in [1.54, 1.807) is 13.1 Å². The van der Waals surface area contributed by atoms with Gasteiger partial charge < -0.3 is 19.5 Å². The molecule has 2 rings (SSSR count). The largest absolute Gasteiger partial charge is 0.469 e. The Balaban J connectivity index is 1.94. The van der Waals surface area contributed by atoms with E-state index in [0.29, 0.717) is 13.1 Å². The van der Waals surface area contributed by atoms with Crippen LogP contribution in [0.25, 0.3) is 0 Å². The van der Waals surface area contributed by atoms with Crippen LogP contribution in [0.3, 0.4) is 0 Å². The van der Waals surface area contributed by atoms with E-state index in [1.165, 1.54) is 13.4 Å². The van der Waals surface area contributed by atoms with Crippen molar-refractivity contribution in [1.29, 1.82) is 0 Å². The number of methoxy groups -OCH3 is 1. The first-order chi connectivity index (χ1) is 9.65. The van der Waals surface area contributed by atoms with Gasteiger partial charge in [0.05, 0.1) is 19.6 Å². The van der Waals surface area contributed by atoms with Gasteiger partial charge in [-0.3, -0.25) is 9.79 Å². The lowest BCUT2D eigenvalue weighted by molar-refractivity contribution is -0.145. The van der Waals surface area contributed by atoms with Gasteiger partial charge in [0, 0.05) is 26.2 Å². The van der Waals surface area contributed by atoms with Gasteiger partial charge in [-0.15, -0.1) is 0 Å². The van der Waals surface area contributed by atoms with E-state index in [1.807, 2.05) is 6.92 Å². The molecule has 2 atom stereocenters. The zero-order valence-corrected chi connectivity index (χ0v) is 12.0. The molecule has 0 bridgehead atoms. The molecule has 1 N–H and O–H groups in total. The molecule has 0 radical (unpaired) electrons. The summed E-state index contributed by atoms with van der Waals surface area (Å²) in [6, 6.07) is 1.80. The van der Waals surface area contributed by atoms with Gasteiger partial charge in [-0.05, 0) is 5.92 Å². The van der Waals surface area contributed by atoms with E-state index >= 15 is 0 Å². The Hall–Kier alpha value is -2.05. The van der Waals surface area contributed by atoms with Crippen LogP contribution in [0.4, 0.5) is 0 Å². The molecule has 110 valence electrons. The minimum absolute atomic E-state index is 0.106. The first-order valence-electron chi connectivity index (χ1n) is 6.58. The Morgan fingerprint density at radius 3 is 3.05 bits per heavy atom. The summed E-state index contributed by atoms with van der Waals surface area (Å²) >= 11 is 0. The molecule has 0 saturated carbocycles. The molecule has 20 heavy (non-hydrogen) atoms. The van der Waals surface area contributed by atoms with Gasteiger partial charge in [-0.1, -0.05) is 12.1 Å². The fourth-order valence-corrected chi connectivity index (χ4v) is 2.43. The number of aliphatic imine (C=N–C) groups is 1. The van der Waals surface area contributed by atoms with E-state index < -0.39 is 0 Å². The van der Waals surface area contributed by atoms with Crippen molar-refractivity contribution >= 4 is 11.9 Å². The van der Waals surface area contributed by atoms with Crippen molar-refractivity contribution in [2.75, 3.05) is 27.2 Å².